The molecule has 0 aromatic heterocycles. The van der Waals surface area contributed by atoms with Gasteiger partial charge in [0.15, 0.2) is 0 Å². The van der Waals surface area contributed by atoms with E-state index in [1.165, 1.54) is 17.8 Å². The van der Waals surface area contributed by atoms with Crippen LogP contribution in [0.3, 0.4) is 0 Å². The van der Waals surface area contributed by atoms with Crippen LogP contribution >= 0.6 is 0 Å². The highest BCUT2D eigenvalue weighted by atomic mass is 32.2. The summed E-state index contributed by atoms with van der Waals surface area (Å²) in [4.78, 5) is 11.8. The lowest BCUT2D eigenvalue weighted by Gasteiger charge is -2.34. The average molecular weight is 303 g/mol. The molecule has 5 nitrogen and oxygen atoms in total. The summed E-state index contributed by atoms with van der Waals surface area (Å²) in [6.45, 7) is 0.453. The first kappa shape index (κ1) is 15.8. The molecule has 1 saturated carbocycles. The van der Waals surface area contributed by atoms with Crippen LogP contribution in [0.1, 0.15) is 51.4 Å². The molecule has 1 saturated heterocycles. The van der Waals surface area contributed by atoms with Crippen molar-refractivity contribution in [3.8, 4) is 0 Å². The van der Waals surface area contributed by atoms with E-state index in [0.29, 0.717) is 13.0 Å². The lowest BCUT2D eigenvalue weighted by Crippen LogP contribution is -2.49. The van der Waals surface area contributed by atoms with Gasteiger partial charge in [-0.1, -0.05) is 19.3 Å². The third-order valence-corrected chi connectivity index (χ3v) is 6.50. The second-order valence-electron chi connectivity index (χ2n) is 5.93. The Morgan fingerprint density at radius 3 is 2.40 bits per heavy atom. The molecule has 2 aliphatic rings. The van der Waals surface area contributed by atoms with Crippen molar-refractivity contribution in [2.45, 2.75) is 57.4 Å². The molecule has 0 aromatic carbocycles. The van der Waals surface area contributed by atoms with Crippen molar-refractivity contribution >= 4 is 16.0 Å². The molecule has 1 atom stereocenters. The normalized spacial score (nSPS) is 26.4. The van der Waals surface area contributed by atoms with Crippen molar-refractivity contribution in [3.05, 3.63) is 0 Å². The van der Waals surface area contributed by atoms with Crippen molar-refractivity contribution in [1.29, 1.82) is 0 Å². The summed E-state index contributed by atoms with van der Waals surface area (Å²) in [7, 11) is -2.03. The number of piperidine rings is 1. The average Bonchev–Trinajstić information content (AvgIpc) is 2.47. The molecule has 20 heavy (non-hydrogen) atoms. The number of carbonyl (C=O) groups is 1. The molecule has 0 radical (unpaired) electrons. The Labute approximate surface area is 121 Å². The zero-order chi connectivity index (χ0) is 14.6. The molecular formula is C14H25NO4S. The highest BCUT2D eigenvalue weighted by Gasteiger charge is 2.38. The van der Waals surface area contributed by atoms with E-state index in [1.54, 1.807) is 0 Å². The molecule has 0 spiro atoms. The summed E-state index contributed by atoms with van der Waals surface area (Å²) in [5.74, 6) is 0.0337. The number of sulfonamides is 1. The fraction of sp³-hybridized carbons (Fsp3) is 0.929. The highest BCUT2D eigenvalue weighted by molar-refractivity contribution is 7.89. The van der Waals surface area contributed by atoms with Gasteiger partial charge in [-0.3, -0.25) is 4.79 Å². The summed E-state index contributed by atoms with van der Waals surface area (Å²) in [6, 6.07) is -0.609. The van der Waals surface area contributed by atoms with Crippen molar-refractivity contribution < 1.29 is 17.9 Å². The SMILES string of the molecule is COC(=O)C1CCCCN1S(=O)(=O)CC1CCCCC1. The highest BCUT2D eigenvalue weighted by Crippen LogP contribution is 2.28. The predicted molar refractivity (Wildman–Crippen MR) is 76.7 cm³/mol. The second-order valence-corrected chi connectivity index (χ2v) is 7.89. The molecule has 2 rings (SSSR count). The zero-order valence-electron chi connectivity index (χ0n) is 12.2. The van der Waals surface area contributed by atoms with Crippen molar-refractivity contribution in [3.63, 3.8) is 0 Å². The van der Waals surface area contributed by atoms with E-state index in [4.69, 9.17) is 4.74 Å². The number of nitrogens with zero attached hydrogens (tertiary/aromatic N) is 1. The van der Waals surface area contributed by atoms with Gasteiger partial charge < -0.3 is 4.74 Å². The summed E-state index contributed by atoms with van der Waals surface area (Å²) in [5, 5.41) is 0. The van der Waals surface area contributed by atoms with Crippen LogP contribution in [-0.4, -0.2) is 44.1 Å². The van der Waals surface area contributed by atoms with Crippen LogP contribution in [-0.2, 0) is 19.6 Å². The Morgan fingerprint density at radius 1 is 1.10 bits per heavy atom. The Balaban J connectivity index is 2.06. The van der Waals surface area contributed by atoms with Crippen molar-refractivity contribution in [2.75, 3.05) is 19.4 Å². The van der Waals surface area contributed by atoms with Crippen LogP contribution in [0.25, 0.3) is 0 Å². The fourth-order valence-corrected chi connectivity index (χ4v) is 5.46. The molecule has 0 aromatic rings. The lowest BCUT2D eigenvalue weighted by molar-refractivity contribution is -0.146. The Morgan fingerprint density at radius 2 is 1.75 bits per heavy atom. The number of hydrogen-bond donors (Lipinski definition) is 0. The van der Waals surface area contributed by atoms with Gasteiger partial charge in [0.1, 0.15) is 6.04 Å². The first-order chi connectivity index (χ1) is 9.54. The number of methoxy groups -OCH3 is 1. The Bertz CT molecular complexity index is 428. The molecule has 2 fully saturated rings. The molecule has 1 heterocycles. The van der Waals surface area contributed by atoms with E-state index in [0.717, 1.165) is 38.5 Å². The lowest BCUT2D eigenvalue weighted by atomic mass is 9.91. The molecule has 0 bridgehead atoms. The van der Waals surface area contributed by atoms with Gasteiger partial charge in [0.2, 0.25) is 10.0 Å². The summed E-state index contributed by atoms with van der Waals surface area (Å²) < 4.78 is 31.4. The number of carbonyl (C=O) groups excluding carboxylic acids is 1. The van der Waals surface area contributed by atoms with Crippen molar-refractivity contribution in [1.82, 2.24) is 4.31 Å². The third kappa shape index (κ3) is 3.73. The quantitative estimate of drug-likeness (QED) is 0.744. The Kier molecular flexibility index (Phi) is 5.43. The van der Waals surface area contributed by atoms with E-state index in [2.05, 4.69) is 0 Å². The van der Waals surface area contributed by atoms with Crippen molar-refractivity contribution in [2.24, 2.45) is 5.92 Å². The van der Waals surface area contributed by atoms with Gasteiger partial charge in [-0.05, 0) is 38.0 Å². The minimum absolute atomic E-state index is 0.195. The maximum Gasteiger partial charge on any atom is 0.324 e. The van der Waals surface area contributed by atoms with Gasteiger partial charge in [0, 0.05) is 6.54 Å². The van der Waals surface area contributed by atoms with E-state index in [1.807, 2.05) is 0 Å². The van der Waals surface area contributed by atoms with Crippen LogP contribution in [0.5, 0.6) is 0 Å². The van der Waals surface area contributed by atoms with Crippen LogP contribution in [0, 0.1) is 5.92 Å². The smallest absolute Gasteiger partial charge is 0.324 e. The molecule has 116 valence electrons. The van der Waals surface area contributed by atoms with Gasteiger partial charge in [-0.25, -0.2) is 8.42 Å². The largest absolute Gasteiger partial charge is 0.468 e. The van der Waals surface area contributed by atoms with E-state index in [-0.39, 0.29) is 11.7 Å². The number of hydrogen-bond acceptors (Lipinski definition) is 4. The molecule has 1 aliphatic carbocycles. The second kappa shape index (κ2) is 6.89. The first-order valence-corrected chi connectivity index (χ1v) is 9.23. The Hall–Kier alpha value is -0.620. The van der Waals surface area contributed by atoms with Gasteiger partial charge >= 0.3 is 5.97 Å². The van der Waals surface area contributed by atoms with E-state index < -0.39 is 22.0 Å². The van der Waals surface area contributed by atoms with E-state index >= 15 is 0 Å². The van der Waals surface area contributed by atoms with Crippen LogP contribution < -0.4 is 0 Å². The molecule has 1 aliphatic heterocycles. The molecule has 0 amide bonds. The number of esters is 1. The molecule has 6 heteroatoms. The van der Waals surface area contributed by atoms with Crippen LogP contribution in [0.2, 0.25) is 0 Å². The molecular weight excluding hydrogens is 278 g/mol. The van der Waals surface area contributed by atoms with E-state index in [9.17, 15) is 13.2 Å². The minimum Gasteiger partial charge on any atom is -0.468 e. The van der Waals surface area contributed by atoms with Crippen LogP contribution in [0.4, 0.5) is 0 Å². The molecule has 1 unspecified atom stereocenters. The van der Waals surface area contributed by atoms with Gasteiger partial charge in [0.05, 0.1) is 12.9 Å². The maximum atomic E-state index is 12.6. The monoisotopic (exact) mass is 303 g/mol. The third-order valence-electron chi connectivity index (χ3n) is 4.46. The summed E-state index contributed by atoms with van der Waals surface area (Å²) in [5.41, 5.74) is 0. The topological polar surface area (TPSA) is 63.7 Å². The minimum atomic E-state index is -3.35. The number of ether oxygens (including phenoxy) is 1. The fourth-order valence-electron chi connectivity index (χ4n) is 3.36. The predicted octanol–water partition coefficient (Wildman–Crippen LogP) is 1.92. The number of rotatable bonds is 4. The summed E-state index contributed by atoms with van der Waals surface area (Å²) >= 11 is 0. The van der Waals surface area contributed by atoms with Crippen LogP contribution in [0.15, 0.2) is 0 Å². The zero-order valence-corrected chi connectivity index (χ0v) is 13.0. The van der Waals surface area contributed by atoms with Gasteiger partial charge in [-0.15, -0.1) is 0 Å². The van der Waals surface area contributed by atoms with Gasteiger partial charge in [-0.2, -0.15) is 4.31 Å². The summed E-state index contributed by atoms with van der Waals surface area (Å²) in [6.07, 6.45) is 7.75. The standard InChI is InChI=1S/C14H25NO4S/c1-19-14(16)13-9-5-6-10-15(13)20(17,18)11-12-7-3-2-4-8-12/h12-13H,2-11H2,1H3. The first-order valence-electron chi connectivity index (χ1n) is 7.62. The molecule has 0 N–H and O–H groups in total. The maximum absolute atomic E-state index is 12.6. The van der Waals surface area contributed by atoms with Gasteiger partial charge in [0.25, 0.3) is 0 Å².